The van der Waals surface area contributed by atoms with Crippen LogP contribution < -0.4 is 0 Å². The molecule has 0 saturated carbocycles. The Kier molecular flexibility index (Phi) is 3.50. The van der Waals surface area contributed by atoms with Gasteiger partial charge in [-0.25, -0.2) is 4.98 Å². The predicted molar refractivity (Wildman–Crippen MR) is 79.5 cm³/mol. The van der Waals surface area contributed by atoms with Gasteiger partial charge >= 0.3 is 0 Å². The standard InChI is InChI=1S/C17H18N2O/c1-11-5-7-12(8-6-11)15-9-14(17(2,3)4)13(10-18)16(20)19-15/h5-9H,1-4H3,(H,19,20). The first kappa shape index (κ1) is 14.1. The Hall–Kier alpha value is -2.34. The van der Waals surface area contributed by atoms with Crippen LogP contribution in [-0.4, -0.2) is 10.1 Å². The highest BCUT2D eigenvalue weighted by Gasteiger charge is 2.22. The van der Waals surface area contributed by atoms with Crippen LogP contribution in [0, 0.1) is 18.3 Å². The van der Waals surface area contributed by atoms with Crippen molar-refractivity contribution in [1.82, 2.24) is 4.98 Å². The molecule has 3 heteroatoms. The summed E-state index contributed by atoms with van der Waals surface area (Å²) < 4.78 is 0. The Bertz CT molecular complexity index is 674. The Labute approximate surface area is 119 Å². The van der Waals surface area contributed by atoms with Crippen LogP contribution in [0.4, 0.5) is 0 Å². The molecule has 2 rings (SSSR count). The molecule has 0 aliphatic rings. The molecule has 0 spiro atoms. The van der Waals surface area contributed by atoms with Crippen molar-refractivity contribution in [2.75, 3.05) is 0 Å². The molecule has 0 radical (unpaired) electrons. The average molecular weight is 266 g/mol. The number of pyridine rings is 1. The molecule has 1 N–H and O–H groups in total. The minimum atomic E-state index is -0.231. The van der Waals surface area contributed by atoms with Gasteiger partial charge in [0.25, 0.3) is 0 Å². The van der Waals surface area contributed by atoms with Gasteiger partial charge in [-0.2, -0.15) is 5.26 Å². The number of rotatable bonds is 1. The topological polar surface area (TPSA) is 56.9 Å². The van der Waals surface area contributed by atoms with E-state index in [1.807, 2.05) is 64.1 Å². The van der Waals surface area contributed by atoms with Crippen molar-refractivity contribution in [2.45, 2.75) is 33.1 Å². The summed E-state index contributed by atoms with van der Waals surface area (Å²) in [7, 11) is 0. The maximum absolute atomic E-state index is 10.0. The molecule has 0 amide bonds. The molecule has 2 aromatic rings. The summed E-state index contributed by atoms with van der Waals surface area (Å²) in [5.41, 5.74) is 3.62. The van der Waals surface area contributed by atoms with Crippen LogP contribution in [0.1, 0.15) is 37.5 Å². The number of hydrogen-bond acceptors (Lipinski definition) is 3. The van der Waals surface area contributed by atoms with Gasteiger partial charge in [0.05, 0.1) is 5.69 Å². The van der Waals surface area contributed by atoms with Crippen LogP contribution in [-0.2, 0) is 5.41 Å². The van der Waals surface area contributed by atoms with Crippen LogP contribution in [0.2, 0.25) is 0 Å². The lowest BCUT2D eigenvalue weighted by Crippen LogP contribution is -2.14. The second-order valence-electron chi connectivity index (χ2n) is 5.98. The van der Waals surface area contributed by atoms with Crippen molar-refractivity contribution in [3.05, 3.63) is 47.0 Å². The van der Waals surface area contributed by atoms with Gasteiger partial charge in [-0.15, -0.1) is 0 Å². The van der Waals surface area contributed by atoms with Gasteiger partial charge in [0.2, 0.25) is 5.88 Å². The average Bonchev–Trinajstić information content (AvgIpc) is 2.37. The first-order valence-electron chi connectivity index (χ1n) is 6.54. The van der Waals surface area contributed by atoms with Gasteiger partial charge in [-0.3, -0.25) is 0 Å². The summed E-state index contributed by atoms with van der Waals surface area (Å²) in [6.45, 7) is 8.07. The molecule has 20 heavy (non-hydrogen) atoms. The van der Waals surface area contributed by atoms with Crippen molar-refractivity contribution < 1.29 is 5.11 Å². The van der Waals surface area contributed by atoms with E-state index in [-0.39, 0.29) is 16.9 Å². The monoisotopic (exact) mass is 266 g/mol. The first-order valence-corrected chi connectivity index (χ1v) is 6.54. The van der Waals surface area contributed by atoms with E-state index in [1.54, 1.807) is 0 Å². The third-order valence-electron chi connectivity index (χ3n) is 3.27. The van der Waals surface area contributed by atoms with E-state index in [4.69, 9.17) is 0 Å². The molecule has 0 aliphatic carbocycles. The van der Waals surface area contributed by atoms with E-state index in [0.29, 0.717) is 5.69 Å². The normalized spacial score (nSPS) is 11.2. The Morgan fingerprint density at radius 1 is 1.15 bits per heavy atom. The lowest BCUT2D eigenvalue weighted by molar-refractivity contribution is 0.447. The van der Waals surface area contributed by atoms with Crippen molar-refractivity contribution >= 4 is 0 Å². The zero-order valence-corrected chi connectivity index (χ0v) is 12.2. The fourth-order valence-electron chi connectivity index (χ4n) is 2.11. The zero-order chi connectivity index (χ0) is 14.9. The molecule has 0 bridgehead atoms. The number of aryl methyl sites for hydroxylation is 1. The molecule has 0 aliphatic heterocycles. The van der Waals surface area contributed by atoms with Crippen LogP contribution >= 0.6 is 0 Å². The lowest BCUT2D eigenvalue weighted by Gasteiger charge is -2.21. The third kappa shape index (κ3) is 2.65. The lowest BCUT2D eigenvalue weighted by atomic mass is 9.83. The number of nitrogens with zero attached hydrogens (tertiary/aromatic N) is 2. The van der Waals surface area contributed by atoms with E-state index in [2.05, 4.69) is 4.98 Å². The summed E-state index contributed by atoms with van der Waals surface area (Å²) in [5.74, 6) is -0.199. The molecule has 1 heterocycles. The molecular formula is C17H18N2O. The molecule has 0 unspecified atom stereocenters. The van der Waals surface area contributed by atoms with Gasteiger partial charge in [0, 0.05) is 5.56 Å². The number of aromatic nitrogens is 1. The summed E-state index contributed by atoms with van der Waals surface area (Å²) in [6, 6.07) is 11.9. The second kappa shape index (κ2) is 4.97. The van der Waals surface area contributed by atoms with Crippen molar-refractivity contribution in [3.8, 4) is 23.2 Å². The highest BCUT2D eigenvalue weighted by atomic mass is 16.3. The highest BCUT2D eigenvalue weighted by molar-refractivity contribution is 5.64. The first-order chi connectivity index (χ1) is 9.32. The number of benzene rings is 1. The highest BCUT2D eigenvalue weighted by Crippen LogP contribution is 2.33. The molecule has 102 valence electrons. The quantitative estimate of drug-likeness (QED) is 0.850. The van der Waals surface area contributed by atoms with Crippen molar-refractivity contribution in [1.29, 1.82) is 5.26 Å². The third-order valence-corrected chi connectivity index (χ3v) is 3.27. The fourth-order valence-corrected chi connectivity index (χ4v) is 2.11. The van der Waals surface area contributed by atoms with Crippen molar-refractivity contribution in [3.63, 3.8) is 0 Å². The van der Waals surface area contributed by atoms with E-state index in [9.17, 15) is 10.4 Å². The minimum Gasteiger partial charge on any atom is -0.492 e. The number of hydrogen-bond donors (Lipinski definition) is 1. The predicted octanol–water partition coefficient (Wildman–Crippen LogP) is 3.93. The fraction of sp³-hybridized carbons (Fsp3) is 0.294. The maximum atomic E-state index is 10.0. The molecule has 0 atom stereocenters. The van der Waals surface area contributed by atoms with E-state index in [0.717, 1.165) is 11.1 Å². The summed E-state index contributed by atoms with van der Waals surface area (Å²) in [4.78, 5) is 4.15. The van der Waals surface area contributed by atoms with Crippen LogP contribution in [0.3, 0.4) is 0 Å². The van der Waals surface area contributed by atoms with E-state index < -0.39 is 0 Å². The van der Waals surface area contributed by atoms with E-state index >= 15 is 0 Å². The summed E-state index contributed by atoms with van der Waals surface area (Å²) in [6.07, 6.45) is 0. The van der Waals surface area contributed by atoms with E-state index in [1.165, 1.54) is 5.56 Å². The summed E-state index contributed by atoms with van der Waals surface area (Å²) in [5, 5.41) is 19.2. The number of nitriles is 1. The maximum Gasteiger partial charge on any atom is 0.230 e. The Balaban J connectivity index is 2.66. The SMILES string of the molecule is Cc1ccc(-c2cc(C(C)(C)C)c(C#N)c(O)n2)cc1. The zero-order valence-electron chi connectivity index (χ0n) is 12.2. The van der Waals surface area contributed by atoms with Crippen LogP contribution in [0.15, 0.2) is 30.3 Å². The second-order valence-corrected chi connectivity index (χ2v) is 5.98. The molecule has 1 aromatic heterocycles. The molecule has 0 fully saturated rings. The molecule has 1 aromatic carbocycles. The van der Waals surface area contributed by atoms with Gasteiger partial charge < -0.3 is 5.11 Å². The van der Waals surface area contributed by atoms with Crippen molar-refractivity contribution in [2.24, 2.45) is 0 Å². The Morgan fingerprint density at radius 2 is 1.75 bits per heavy atom. The smallest absolute Gasteiger partial charge is 0.230 e. The van der Waals surface area contributed by atoms with Gasteiger partial charge in [0.1, 0.15) is 11.6 Å². The number of aromatic hydroxyl groups is 1. The summed E-state index contributed by atoms with van der Waals surface area (Å²) >= 11 is 0. The largest absolute Gasteiger partial charge is 0.492 e. The van der Waals surface area contributed by atoms with Crippen LogP contribution in [0.5, 0.6) is 5.88 Å². The molecule has 0 saturated heterocycles. The minimum absolute atomic E-state index is 0.199. The molecule has 3 nitrogen and oxygen atoms in total. The molecular weight excluding hydrogens is 248 g/mol. The van der Waals surface area contributed by atoms with Crippen LogP contribution in [0.25, 0.3) is 11.3 Å². The van der Waals surface area contributed by atoms with Gasteiger partial charge in [0.15, 0.2) is 0 Å². The van der Waals surface area contributed by atoms with Gasteiger partial charge in [-0.05, 0) is 24.0 Å². The Morgan fingerprint density at radius 3 is 2.25 bits per heavy atom. The van der Waals surface area contributed by atoms with Gasteiger partial charge in [-0.1, -0.05) is 50.6 Å².